The molecule has 4 aromatic rings. The monoisotopic (exact) mass is 493 g/mol. The van der Waals surface area contributed by atoms with Crippen LogP contribution in [0.2, 0.25) is 0 Å². The van der Waals surface area contributed by atoms with E-state index in [1.54, 1.807) is 11.3 Å². The van der Waals surface area contributed by atoms with E-state index in [-0.39, 0.29) is 11.9 Å². The summed E-state index contributed by atoms with van der Waals surface area (Å²) in [5.41, 5.74) is 5.79. The molecule has 2 aliphatic heterocycles. The molecular weight excluding hydrogens is 462 g/mol. The maximum atomic E-state index is 13.7. The molecule has 188 valence electrons. The number of piperidine rings is 1. The Balaban J connectivity index is 1.42. The zero-order chi connectivity index (χ0) is 25.2. The average molecular weight is 494 g/mol. The van der Waals surface area contributed by atoms with Gasteiger partial charge in [0, 0.05) is 23.7 Å². The Morgan fingerprint density at radius 1 is 1.00 bits per heavy atom. The molecule has 1 amide bonds. The summed E-state index contributed by atoms with van der Waals surface area (Å²) in [6.45, 7) is 4.37. The van der Waals surface area contributed by atoms with Gasteiger partial charge in [-0.3, -0.25) is 9.69 Å². The Hall–Kier alpha value is -3.97. The molecule has 6 rings (SSSR count). The zero-order valence-electron chi connectivity index (χ0n) is 21.1. The molecule has 7 nitrogen and oxygen atoms in total. The van der Waals surface area contributed by atoms with Gasteiger partial charge in [-0.05, 0) is 63.2 Å². The summed E-state index contributed by atoms with van der Waals surface area (Å²) in [6.07, 6.45) is 7.78. The van der Waals surface area contributed by atoms with E-state index in [0.717, 1.165) is 59.7 Å². The van der Waals surface area contributed by atoms with Crippen molar-refractivity contribution in [3.05, 3.63) is 96.1 Å². The highest BCUT2D eigenvalue weighted by molar-refractivity contribution is 6.01. The van der Waals surface area contributed by atoms with E-state index in [9.17, 15) is 4.79 Å². The number of hydrogen-bond donors (Lipinski definition) is 0. The summed E-state index contributed by atoms with van der Waals surface area (Å²) in [6, 6.07) is 21.9. The second-order valence-corrected chi connectivity index (χ2v) is 9.90. The first-order valence-corrected chi connectivity index (χ1v) is 13.0. The Labute approximate surface area is 217 Å². The number of aryl methyl sites for hydroxylation is 1. The number of carbonyl (C=O) groups excluding carboxylic acids is 1. The van der Waals surface area contributed by atoms with Crippen molar-refractivity contribution in [2.75, 3.05) is 19.6 Å². The van der Waals surface area contributed by atoms with Crippen LogP contribution in [0.1, 0.15) is 48.6 Å². The number of amides is 1. The molecule has 4 heterocycles. The molecule has 7 heteroatoms. The third-order valence-electron chi connectivity index (χ3n) is 7.19. The predicted molar refractivity (Wildman–Crippen MR) is 143 cm³/mol. The SMILES string of the molecule is Cc1cccc(-c2nn(-c3ccccc3)cc2[C@@H]2CC(c3ccco3)=NN2C(=O)CN2CCCCC2)c1. The molecule has 2 aromatic carbocycles. The second kappa shape index (κ2) is 10.2. The van der Waals surface area contributed by atoms with Gasteiger partial charge in [-0.2, -0.15) is 10.2 Å². The van der Waals surface area contributed by atoms with Gasteiger partial charge in [0.1, 0.15) is 11.5 Å². The van der Waals surface area contributed by atoms with Gasteiger partial charge in [0.2, 0.25) is 0 Å². The van der Waals surface area contributed by atoms with E-state index >= 15 is 0 Å². The first-order valence-electron chi connectivity index (χ1n) is 13.0. The summed E-state index contributed by atoms with van der Waals surface area (Å²) >= 11 is 0. The lowest BCUT2D eigenvalue weighted by Crippen LogP contribution is -2.40. The fraction of sp³-hybridized carbons (Fsp3) is 0.300. The van der Waals surface area contributed by atoms with Crippen LogP contribution in [0.25, 0.3) is 16.9 Å². The van der Waals surface area contributed by atoms with Crippen LogP contribution in [-0.4, -0.2) is 50.9 Å². The van der Waals surface area contributed by atoms with E-state index in [2.05, 4.69) is 42.3 Å². The topological polar surface area (TPSA) is 66.9 Å². The van der Waals surface area contributed by atoms with Crippen LogP contribution in [-0.2, 0) is 4.79 Å². The molecule has 0 bridgehead atoms. The molecule has 0 aliphatic carbocycles. The lowest BCUT2D eigenvalue weighted by molar-refractivity contribution is -0.134. The van der Waals surface area contributed by atoms with Gasteiger partial charge in [-0.15, -0.1) is 0 Å². The summed E-state index contributed by atoms with van der Waals surface area (Å²) in [5, 5.41) is 11.5. The molecule has 1 fully saturated rings. The third-order valence-corrected chi connectivity index (χ3v) is 7.19. The molecule has 0 N–H and O–H groups in total. The van der Waals surface area contributed by atoms with Crippen molar-refractivity contribution in [3.63, 3.8) is 0 Å². The maximum Gasteiger partial charge on any atom is 0.257 e. The van der Waals surface area contributed by atoms with Crippen molar-refractivity contribution >= 4 is 11.6 Å². The minimum atomic E-state index is -0.273. The second-order valence-electron chi connectivity index (χ2n) is 9.90. The Kier molecular flexibility index (Phi) is 6.45. The molecular formula is C30H31N5O2. The van der Waals surface area contributed by atoms with Crippen molar-refractivity contribution in [2.45, 2.75) is 38.6 Å². The highest BCUT2D eigenvalue weighted by atomic mass is 16.3. The number of carbonyl (C=O) groups is 1. The normalized spacial score (nSPS) is 18.2. The Bertz CT molecular complexity index is 1400. The molecule has 37 heavy (non-hydrogen) atoms. The van der Waals surface area contributed by atoms with Gasteiger partial charge in [-0.1, -0.05) is 48.4 Å². The fourth-order valence-corrected chi connectivity index (χ4v) is 5.32. The van der Waals surface area contributed by atoms with E-state index in [0.29, 0.717) is 18.7 Å². The van der Waals surface area contributed by atoms with Gasteiger partial charge >= 0.3 is 0 Å². The standard InChI is InChI=1S/C30H31N5O2/c1-22-10-8-11-23(18-22)30-25(20-34(32-30)24-12-4-2-5-13-24)27-19-26(28-14-9-17-37-28)31-35(27)29(36)21-33-15-6-3-7-16-33/h2,4-5,8-14,17-18,20,27H,3,6-7,15-16,19,21H2,1H3/t27-/m0/s1. The number of aromatic nitrogens is 2. The smallest absolute Gasteiger partial charge is 0.257 e. The first kappa shape index (κ1) is 23.4. The first-order chi connectivity index (χ1) is 18.2. The van der Waals surface area contributed by atoms with E-state index in [4.69, 9.17) is 14.6 Å². The molecule has 0 saturated carbocycles. The molecule has 1 saturated heterocycles. The summed E-state index contributed by atoms with van der Waals surface area (Å²) in [4.78, 5) is 16.0. The van der Waals surface area contributed by atoms with Gasteiger partial charge in [-0.25, -0.2) is 9.69 Å². The van der Waals surface area contributed by atoms with Crippen LogP contribution in [0.3, 0.4) is 0 Å². The van der Waals surface area contributed by atoms with Gasteiger partial charge in [0.05, 0.1) is 30.2 Å². The summed E-state index contributed by atoms with van der Waals surface area (Å²) in [7, 11) is 0. The van der Waals surface area contributed by atoms with Crippen LogP contribution in [0.5, 0.6) is 0 Å². The van der Waals surface area contributed by atoms with Crippen molar-refractivity contribution in [1.29, 1.82) is 0 Å². The van der Waals surface area contributed by atoms with Crippen LogP contribution >= 0.6 is 0 Å². The van der Waals surface area contributed by atoms with Crippen LogP contribution in [0.4, 0.5) is 0 Å². The molecule has 2 aromatic heterocycles. The predicted octanol–water partition coefficient (Wildman–Crippen LogP) is 5.60. The third kappa shape index (κ3) is 4.87. The minimum absolute atomic E-state index is 0.0103. The number of likely N-dealkylation sites (tertiary alicyclic amines) is 1. The number of benzene rings is 2. The van der Waals surface area contributed by atoms with Gasteiger partial charge < -0.3 is 4.42 Å². The summed E-state index contributed by atoms with van der Waals surface area (Å²) in [5.74, 6) is 0.710. The minimum Gasteiger partial charge on any atom is -0.463 e. The highest BCUT2D eigenvalue weighted by Crippen LogP contribution is 2.38. The number of hydrogen-bond acceptors (Lipinski definition) is 5. The largest absolute Gasteiger partial charge is 0.463 e. The highest BCUT2D eigenvalue weighted by Gasteiger charge is 2.37. The van der Waals surface area contributed by atoms with E-state index in [1.807, 2.05) is 47.1 Å². The molecule has 2 aliphatic rings. The average Bonchev–Trinajstić information content (AvgIpc) is 3.69. The maximum absolute atomic E-state index is 13.7. The van der Waals surface area contributed by atoms with Gasteiger partial charge in [0.15, 0.2) is 0 Å². The molecule has 0 radical (unpaired) electrons. The fourth-order valence-electron chi connectivity index (χ4n) is 5.32. The van der Waals surface area contributed by atoms with Crippen molar-refractivity contribution < 1.29 is 9.21 Å². The number of hydrazone groups is 1. The number of rotatable bonds is 6. The number of nitrogens with zero attached hydrogens (tertiary/aromatic N) is 5. The van der Waals surface area contributed by atoms with Crippen molar-refractivity contribution in [1.82, 2.24) is 19.7 Å². The van der Waals surface area contributed by atoms with Crippen LogP contribution < -0.4 is 0 Å². The molecule has 1 atom stereocenters. The van der Waals surface area contributed by atoms with E-state index in [1.165, 1.54) is 6.42 Å². The lowest BCUT2D eigenvalue weighted by Gasteiger charge is -2.29. The van der Waals surface area contributed by atoms with Crippen LogP contribution in [0.15, 0.2) is 88.7 Å². The zero-order valence-corrected chi connectivity index (χ0v) is 21.1. The van der Waals surface area contributed by atoms with Crippen molar-refractivity contribution in [2.24, 2.45) is 5.10 Å². The van der Waals surface area contributed by atoms with Gasteiger partial charge in [0.25, 0.3) is 5.91 Å². The lowest BCUT2D eigenvalue weighted by atomic mass is 9.97. The Morgan fingerprint density at radius 2 is 1.84 bits per heavy atom. The number of para-hydroxylation sites is 1. The summed E-state index contributed by atoms with van der Waals surface area (Å²) < 4.78 is 7.59. The number of furan rings is 1. The Morgan fingerprint density at radius 3 is 2.59 bits per heavy atom. The van der Waals surface area contributed by atoms with Crippen LogP contribution in [0, 0.1) is 6.92 Å². The quantitative estimate of drug-likeness (QED) is 0.350. The van der Waals surface area contributed by atoms with E-state index < -0.39 is 0 Å². The molecule has 0 spiro atoms. The van der Waals surface area contributed by atoms with Crippen molar-refractivity contribution in [3.8, 4) is 16.9 Å². The molecule has 0 unspecified atom stereocenters.